The van der Waals surface area contributed by atoms with Crippen LogP contribution >= 0.6 is 0 Å². The van der Waals surface area contributed by atoms with Crippen LogP contribution in [0.1, 0.15) is 87.2 Å². The summed E-state index contributed by atoms with van der Waals surface area (Å²) in [7, 11) is 0. The van der Waals surface area contributed by atoms with Crippen molar-refractivity contribution in [1.29, 1.82) is 0 Å². The molecule has 0 radical (unpaired) electrons. The fraction of sp³-hybridized carbons (Fsp3) is 0.200. The first-order chi connectivity index (χ1) is 27.8. The highest BCUT2D eigenvalue weighted by molar-refractivity contribution is 6.25. The van der Waals surface area contributed by atoms with Crippen molar-refractivity contribution in [3.05, 3.63) is 203 Å². The van der Waals surface area contributed by atoms with Gasteiger partial charge in [0, 0.05) is 34.2 Å². The number of hydrogen-bond donors (Lipinski definition) is 0. The monoisotopic (exact) mass is 725 g/mol. The van der Waals surface area contributed by atoms with Gasteiger partial charge in [-0.05, 0) is 85.6 Å². The molecule has 0 aliphatic heterocycles. The Morgan fingerprint density at radius 3 is 1.82 bits per heavy atom. The minimum Gasteiger partial charge on any atom is -0.312 e. The van der Waals surface area contributed by atoms with Gasteiger partial charge in [-0.25, -0.2) is 0 Å². The predicted octanol–water partition coefficient (Wildman–Crippen LogP) is 15.3. The molecule has 8 aromatic rings. The second-order valence-corrected chi connectivity index (χ2v) is 15.2. The summed E-state index contributed by atoms with van der Waals surface area (Å²) in [6.45, 7) is 8.36. The first-order valence-electron chi connectivity index (χ1n) is 20.9. The Morgan fingerprint density at radius 1 is 0.571 bits per heavy atom. The van der Waals surface area contributed by atoms with Crippen LogP contribution in [0.2, 0.25) is 0 Å². The number of nitrogens with zero attached hydrogens (tertiary/aromatic N) is 1. The Kier molecular flexibility index (Phi) is 9.55. The molecule has 0 fully saturated rings. The maximum Gasteiger partial charge on any atom is 0.0537 e. The van der Waals surface area contributed by atoms with Crippen molar-refractivity contribution >= 4 is 49.3 Å². The molecule has 11 rings (SSSR count). The predicted molar refractivity (Wildman–Crippen MR) is 242 cm³/mol. The molecule has 3 aliphatic carbocycles. The molecule has 3 atom stereocenters. The van der Waals surface area contributed by atoms with Crippen LogP contribution in [-0.4, -0.2) is 4.57 Å². The van der Waals surface area contributed by atoms with Gasteiger partial charge in [-0.15, -0.1) is 0 Å². The third-order valence-electron chi connectivity index (χ3n) is 12.5. The van der Waals surface area contributed by atoms with Crippen molar-refractivity contribution in [2.75, 3.05) is 0 Å². The Bertz CT molecular complexity index is 2770. The zero-order valence-corrected chi connectivity index (χ0v) is 33.2. The number of fused-ring (bicyclic) bond motifs is 13. The SMILES string of the molecule is C1=CC(C2(c3ccccc3)c3ccccc3C3c4c(c5ccccc5n4-c4ccc5c6ccccc6c6ccccc6c5c4)C=CC32)=CCC1.CC.CCCC. The second-order valence-electron chi connectivity index (χ2n) is 15.2. The van der Waals surface area contributed by atoms with E-state index in [1.165, 1.54) is 95.3 Å². The largest absolute Gasteiger partial charge is 0.312 e. The number of allylic oxidation sites excluding steroid dienone is 5. The lowest BCUT2D eigenvalue weighted by atomic mass is 9.61. The number of unbranched alkanes of at least 4 members (excludes halogenated alkanes) is 1. The number of rotatable bonds is 4. The summed E-state index contributed by atoms with van der Waals surface area (Å²) < 4.78 is 2.61. The van der Waals surface area contributed by atoms with E-state index in [1.54, 1.807) is 0 Å². The zero-order valence-electron chi connectivity index (χ0n) is 33.2. The van der Waals surface area contributed by atoms with Gasteiger partial charge in [0.2, 0.25) is 0 Å². The van der Waals surface area contributed by atoms with E-state index >= 15 is 0 Å². The van der Waals surface area contributed by atoms with E-state index in [0.29, 0.717) is 0 Å². The van der Waals surface area contributed by atoms with Crippen molar-refractivity contribution in [3.8, 4) is 5.69 Å². The van der Waals surface area contributed by atoms with Gasteiger partial charge < -0.3 is 4.57 Å². The molecule has 1 nitrogen and oxygen atoms in total. The minimum atomic E-state index is -0.284. The van der Waals surface area contributed by atoms with Crippen LogP contribution in [0, 0.1) is 5.92 Å². The second kappa shape index (κ2) is 15.0. The highest BCUT2D eigenvalue weighted by atomic mass is 15.0. The normalized spacial score (nSPS) is 19.1. The quantitative estimate of drug-likeness (QED) is 0.159. The lowest BCUT2D eigenvalue weighted by Gasteiger charge is -2.41. The van der Waals surface area contributed by atoms with Gasteiger partial charge in [-0.2, -0.15) is 0 Å². The summed E-state index contributed by atoms with van der Waals surface area (Å²) in [6, 6.07) is 54.6. The fourth-order valence-electron chi connectivity index (χ4n) is 10.1. The summed E-state index contributed by atoms with van der Waals surface area (Å²) in [4.78, 5) is 0. The van der Waals surface area contributed by atoms with Crippen LogP contribution in [0.4, 0.5) is 0 Å². The first kappa shape index (κ1) is 35.8. The van der Waals surface area contributed by atoms with Gasteiger partial charge in [-0.3, -0.25) is 0 Å². The molecule has 0 bridgehead atoms. The molecule has 56 heavy (non-hydrogen) atoms. The summed E-state index contributed by atoms with van der Waals surface area (Å²) >= 11 is 0. The van der Waals surface area contributed by atoms with Crippen molar-refractivity contribution in [2.45, 2.75) is 64.7 Å². The lowest BCUT2D eigenvalue weighted by molar-refractivity contribution is 0.441. The average Bonchev–Trinajstić information content (AvgIpc) is 3.79. The molecule has 1 aromatic heterocycles. The molecule has 0 amide bonds. The first-order valence-corrected chi connectivity index (χ1v) is 20.9. The smallest absolute Gasteiger partial charge is 0.0537 e. The maximum atomic E-state index is 2.61. The Balaban J connectivity index is 0.000000645. The molecule has 3 unspecified atom stereocenters. The summed E-state index contributed by atoms with van der Waals surface area (Å²) in [5, 5.41) is 9.14. The van der Waals surface area contributed by atoms with Crippen LogP contribution < -0.4 is 0 Å². The standard InChI is InChI=1S/C49H35N.C4H10.C2H6/c1-3-15-32(16-4-1)49(33-17-5-2-6-18-33)44-25-13-11-24-42(44)47-45(49)30-29-41-40-23-12-14-26-46(40)50(48(41)47)34-27-28-39-37-21-8-7-19-35(37)36-20-9-10-22-38(36)43(39)31-34;1-3-4-2;1-2/h1,3-5,7-31,45,47H,2,6H2;3-4H2,1-2H3;1-2H3. The van der Waals surface area contributed by atoms with Crippen molar-refractivity contribution in [1.82, 2.24) is 4.57 Å². The summed E-state index contributed by atoms with van der Waals surface area (Å²) in [6.07, 6.45) is 17.2. The van der Waals surface area contributed by atoms with E-state index in [2.05, 4.69) is 194 Å². The third-order valence-corrected chi connectivity index (χ3v) is 12.5. The summed E-state index contributed by atoms with van der Waals surface area (Å²) in [5.41, 5.74) is 10.6. The van der Waals surface area contributed by atoms with Crippen LogP contribution in [0.15, 0.2) is 175 Å². The van der Waals surface area contributed by atoms with E-state index in [-0.39, 0.29) is 17.3 Å². The molecule has 0 saturated heterocycles. The van der Waals surface area contributed by atoms with E-state index in [0.717, 1.165) is 12.8 Å². The summed E-state index contributed by atoms with van der Waals surface area (Å²) in [5.74, 6) is 0.399. The van der Waals surface area contributed by atoms with E-state index in [1.807, 2.05) is 13.8 Å². The van der Waals surface area contributed by atoms with Crippen molar-refractivity contribution in [2.24, 2.45) is 5.92 Å². The van der Waals surface area contributed by atoms with Crippen LogP contribution in [0.25, 0.3) is 55.0 Å². The molecule has 7 aromatic carbocycles. The molecular formula is C55H51N. The van der Waals surface area contributed by atoms with E-state index in [9.17, 15) is 0 Å². The lowest BCUT2D eigenvalue weighted by Crippen LogP contribution is -2.36. The van der Waals surface area contributed by atoms with Crippen molar-refractivity contribution in [3.63, 3.8) is 0 Å². The Morgan fingerprint density at radius 2 is 1.16 bits per heavy atom. The molecule has 3 aliphatic rings. The molecule has 0 saturated carbocycles. The Hall–Kier alpha value is -5.92. The number of hydrogen-bond acceptors (Lipinski definition) is 0. The number of aromatic nitrogens is 1. The molecule has 1 heteroatoms. The van der Waals surface area contributed by atoms with Crippen LogP contribution in [0.3, 0.4) is 0 Å². The van der Waals surface area contributed by atoms with Crippen LogP contribution in [0.5, 0.6) is 0 Å². The molecule has 0 spiro atoms. The van der Waals surface area contributed by atoms with E-state index in [4.69, 9.17) is 0 Å². The molecular weight excluding hydrogens is 675 g/mol. The highest BCUT2D eigenvalue weighted by Gasteiger charge is 2.56. The zero-order chi connectivity index (χ0) is 38.2. The van der Waals surface area contributed by atoms with E-state index < -0.39 is 0 Å². The van der Waals surface area contributed by atoms with Gasteiger partial charge in [-0.1, -0.05) is 198 Å². The van der Waals surface area contributed by atoms with Crippen LogP contribution in [-0.2, 0) is 5.41 Å². The molecule has 1 heterocycles. The molecule has 276 valence electrons. The van der Waals surface area contributed by atoms with Crippen molar-refractivity contribution < 1.29 is 0 Å². The minimum absolute atomic E-state index is 0.180. The fourth-order valence-corrected chi connectivity index (χ4v) is 10.1. The average molecular weight is 726 g/mol. The van der Waals surface area contributed by atoms with Gasteiger partial charge in [0.25, 0.3) is 0 Å². The van der Waals surface area contributed by atoms with Gasteiger partial charge in [0.1, 0.15) is 0 Å². The topological polar surface area (TPSA) is 4.93 Å². The number of para-hydroxylation sites is 1. The van der Waals surface area contributed by atoms with Gasteiger partial charge in [0.15, 0.2) is 0 Å². The molecule has 0 N–H and O–H groups in total. The van der Waals surface area contributed by atoms with Gasteiger partial charge >= 0.3 is 0 Å². The number of benzene rings is 7. The maximum absolute atomic E-state index is 2.61. The third kappa shape index (κ3) is 5.35. The highest BCUT2D eigenvalue weighted by Crippen LogP contribution is 2.63. The van der Waals surface area contributed by atoms with Gasteiger partial charge in [0.05, 0.1) is 10.9 Å². The Labute approximate surface area is 332 Å².